The zero-order chi connectivity index (χ0) is 12.4. The van der Waals surface area contributed by atoms with Gasteiger partial charge in [0.15, 0.2) is 0 Å². The molecule has 3 N–H and O–H groups in total. The number of hydrogen-bond donors (Lipinski definition) is 2. The van der Waals surface area contributed by atoms with E-state index in [0.29, 0.717) is 17.8 Å². The van der Waals surface area contributed by atoms with Crippen LogP contribution in [0.3, 0.4) is 0 Å². The summed E-state index contributed by atoms with van der Waals surface area (Å²) >= 11 is 3.52. The second-order valence-corrected chi connectivity index (χ2v) is 5.18. The normalized spacial score (nSPS) is 23.2. The fourth-order valence-corrected chi connectivity index (χ4v) is 2.39. The first-order valence-corrected chi connectivity index (χ1v) is 6.69. The molecule has 17 heavy (non-hydrogen) atoms. The molecule has 0 atom stereocenters. The molecule has 0 unspecified atom stereocenters. The van der Waals surface area contributed by atoms with Gasteiger partial charge in [-0.15, -0.1) is 0 Å². The zero-order valence-corrected chi connectivity index (χ0v) is 11.8. The maximum Gasteiger partial charge on any atom is 0.140 e. The molecule has 0 radical (unpaired) electrons. The number of ether oxygens (including phenoxy) is 1. The largest absolute Gasteiger partial charge is 0.397 e. The summed E-state index contributed by atoms with van der Waals surface area (Å²) in [5.41, 5.74) is 7.53. The Morgan fingerprint density at radius 1 is 1.59 bits per heavy atom. The van der Waals surface area contributed by atoms with Crippen LogP contribution in [-0.4, -0.2) is 23.7 Å². The molecule has 1 heterocycles. The van der Waals surface area contributed by atoms with Crippen molar-refractivity contribution < 1.29 is 4.74 Å². The summed E-state index contributed by atoms with van der Waals surface area (Å²) in [6.45, 7) is 4.80. The van der Waals surface area contributed by atoms with Crippen molar-refractivity contribution >= 4 is 27.4 Å². The van der Waals surface area contributed by atoms with Crippen molar-refractivity contribution in [2.75, 3.05) is 17.7 Å². The summed E-state index contributed by atoms with van der Waals surface area (Å²) in [6, 6.07) is 0.457. The lowest BCUT2D eigenvalue weighted by Gasteiger charge is -2.36. The van der Waals surface area contributed by atoms with E-state index in [9.17, 15) is 0 Å². The molecule has 94 valence electrons. The van der Waals surface area contributed by atoms with Crippen LogP contribution in [0, 0.1) is 6.92 Å². The van der Waals surface area contributed by atoms with E-state index in [1.165, 1.54) is 0 Å². The molecule has 0 amide bonds. The molecule has 0 spiro atoms. The number of nitrogens with zero attached hydrogens (tertiary/aromatic N) is 1. The number of halogens is 1. The van der Waals surface area contributed by atoms with Crippen molar-refractivity contribution in [1.29, 1.82) is 0 Å². The van der Waals surface area contributed by atoms with E-state index in [0.717, 1.165) is 35.3 Å². The quantitative estimate of drug-likeness (QED) is 0.897. The summed E-state index contributed by atoms with van der Waals surface area (Å²) in [5, 5.41) is 3.41. The van der Waals surface area contributed by atoms with Gasteiger partial charge in [-0.05, 0) is 48.2 Å². The van der Waals surface area contributed by atoms with Gasteiger partial charge in [-0.1, -0.05) is 0 Å². The fourth-order valence-electron chi connectivity index (χ4n) is 1.94. The van der Waals surface area contributed by atoms with E-state index in [4.69, 9.17) is 10.5 Å². The van der Waals surface area contributed by atoms with Crippen LogP contribution in [0.2, 0.25) is 0 Å². The van der Waals surface area contributed by atoms with E-state index in [-0.39, 0.29) is 0 Å². The minimum Gasteiger partial charge on any atom is -0.397 e. The Balaban J connectivity index is 1.95. The van der Waals surface area contributed by atoms with Crippen LogP contribution >= 0.6 is 15.9 Å². The molecule has 1 fully saturated rings. The zero-order valence-electron chi connectivity index (χ0n) is 10.2. The van der Waals surface area contributed by atoms with Gasteiger partial charge in [0, 0.05) is 12.6 Å². The molecule has 1 saturated carbocycles. The maximum atomic E-state index is 5.79. The molecular weight excluding hydrogens is 282 g/mol. The number of pyridine rings is 1. The van der Waals surface area contributed by atoms with Crippen molar-refractivity contribution in [3.8, 4) is 0 Å². The Hall–Kier alpha value is -0.810. The molecule has 1 aromatic heterocycles. The summed E-state index contributed by atoms with van der Waals surface area (Å²) in [6.07, 6.45) is 4.20. The number of nitrogens with one attached hydrogen (secondary N) is 1. The highest BCUT2D eigenvalue weighted by molar-refractivity contribution is 9.10. The lowest BCUT2D eigenvalue weighted by molar-refractivity contribution is 0.00291. The van der Waals surface area contributed by atoms with Gasteiger partial charge in [0.25, 0.3) is 0 Å². The third-order valence-electron chi connectivity index (χ3n) is 3.14. The fraction of sp³-hybridized carbons (Fsp3) is 0.583. The summed E-state index contributed by atoms with van der Waals surface area (Å²) in [4.78, 5) is 4.31. The minimum absolute atomic E-state index is 0.408. The Labute approximate surface area is 110 Å². The van der Waals surface area contributed by atoms with E-state index in [1.54, 1.807) is 6.20 Å². The molecule has 1 aliphatic rings. The predicted octanol–water partition coefficient (Wildman–Crippen LogP) is 2.71. The average molecular weight is 300 g/mol. The van der Waals surface area contributed by atoms with Gasteiger partial charge in [-0.3, -0.25) is 0 Å². The van der Waals surface area contributed by atoms with Crippen LogP contribution in [0.15, 0.2) is 10.7 Å². The van der Waals surface area contributed by atoms with Crippen LogP contribution in [0.1, 0.15) is 25.3 Å². The highest BCUT2D eigenvalue weighted by Gasteiger charge is 2.30. The monoisotopic (exact) mass is 299 g/mol. The maximum absolute atomic E-state index is 5.79. The van der Waals surface area contributed by atoms with Crippen LogP contribution in [0.4, 0.5) is 11.5 Å². The van der Waals surface area contributed by atoms with Crippen molar-refractivity contribution in [3.05, 3.63) is 16.2 Å². The lowest BCUT2D eigenvalue weighted by Crippen LogP contribution is -2.41. The number of nitrogen functional groups attached to an aromatic ring is 1. The topological polar surface area (TPSA) is 60.2 Å². The number of hydrogen-bond acceptors (Lipinski definition) is 4. The SMILES string of the molecule is CCOC1CC(Nc2ncc(N)c(C)c2Br)C1. The molecule has 1 aliphatic carbocycles. The molecule has 1 aromatic rings. The number of rotatable bonds is 4. The number of aromatic nitrogens is 1. The van der Waals surface area contributed by atoms with Crippen molar-refractivity contribution in [1.82, 2.24) is 4.98 Å². The second kappa shape index (κ2) is 5.23. The van der Waals surface area contributed by atoms with E-state index in [1.807, 2.05) is 13.8 Å². The van der Waals surface area contributed by atoms with Crippen molar-refractivity contribution in [2.24, 2.45) is 0 Å². The molecule has 2 rings (SSSR count). The highest BCUT2D eigenvalue weighted by atomic mass is 79.9. The Morgan fingerprint density at radius 3 is 2.94 bits per heavy atom. The Bertz CT molecular complexity index is 405. The standard InChI is InChI=1S/C12H18BrN3O/c1-3-17-9-4-8(5-9)16-12-11(13)7(2)10(14)6-15-12/h6,8-9H,3-5,14H2,1-2H3,(H,15,16). The van der Waals surface area contributed by atoms with Crippen LogP contribution < -0.4 is 11.1 Å². The number of anilines is 2. The summed E-state index contributed by atoms with van der Waals surface area (Å²) < 4.78 is 6.48. The smallest absolute Gasteiger partial charge is 0.140 e. The van der Waals surface area contributed by atoms with Gasteiger partial charge in [0.1, 0.15) is 5.82 Å². The molecule has 0 saturated heterocycles. The molecule has 0 aliphatic heterocycles. The first-order valence-electron chi connectivity index (χ1n) is 5.90. The third-order valence-corrected chi connectivity index (χ3v) is 4.11. The van der Waals surface area contributed by atoms with E-state index in [2.05, 4.69) is 26.2 Å². The minimum atomic E-state index is 0.408. The molecule has 0 aromatic carbocycles. The second-order valence-electron chi connectivity index (χ2n) is 4.39. The third kappa shape index (κ3) is 2.72. The van der Waals surface area contributed by atoms with Crippen LogP contribution in [0.25, 0.3) is 0 Å². The first kappa shape index (κ1) is 12.6. The van der Waals surface area contributed by atoms with Gasteiger partial charge >= 0.3 is 0 Å². The summed E-state index contributed by atoms with van der Waals surface area (Å²) in [7, 11) is 0. The molecule has 4 nitrogen and oxygen atoms in total. The van der Waals surface area contributed by atoms with Gasteiger partial charge < -0.3 is 15.8 Å². The summed E-state index contributed by atoms with van der Waals surface area (Å²) in [5.74, 6) is 0.872. The van der Waals surface area contributed by atoms with Gasteiger partial charge in [-0.2, -0.15) is 0 Å². The van der Waals surface area contributed by atoms with Crippen LogP contribution in [-0.2, 0) is 4.74 Å². The molecule has 0 bridgehead atoms. The highest BCUT2D eigenvalue weighted by Crippen LogP contribution is 2.32. The van der Waals surface area contributed by atoms with Crippen molar-refractivity contribution in [2.45, 2.75) is 38.8 Å². The van der Waals surface area contributed by atoms with Gasteiger partial charge in [0.2, 0.25) is 0 Å². The first-order chi connectivity index (χ1) is 8.11. The Kier molecular flexibility index (Phi) is 3.89. The number of nitrogens with two attached hydrogens (primary N) is 1. The van der Waals surface area contributed by atoms with Gasteiger partial charge in [-0.25, -0.2) is 4.98 Å². The lowest BCUT2D eigenvalue weighted by atomic mass is 9.89. The average Bonchev–Trinajstić information content (AvgIpc) is 2.26. The molecule has 5 heteroatoms. The predicted molar refractivity (Wildman–Crippen MR) is 73.1 cm³/mol. The molecular formula is C12H18BrN3O. The van der Waals surface area contributed by atoms with Crippen molar-refractivity contribution in [3.63, 3.8) is 0 Å². The van der Waals surface area contributed by atoms with Crippen LogP contribution in [0.5, 0.6) is 0 Å². The van der Waals surface area contributed by atoms with Gasteiger partial charge in [0.05, 0.1) is 22.5 Å². The van der Waals surface area contributed by atoms with E-state index >= 15 is 0 Å². The Morgan fingerprint density at radius 2 is 2.29 bits per heavy atom. The van der Waals surface area contributed by atoms with E-state index < -0.39 is 0 Å².